The predicted octanol–water partition coefficient (Wildman–Crippen LogP) is 3.73. The van der Waals surface area contributed by atoms with E-state index < -0.39 is 20.6 Å². The van der Waals surface area contributed by atoms with Gasteiger partial charge in [0.2, 0.25) is 0 Å². The van der Waals surface area contributed by atoms with Crippen LogP contribution in [-0.2, 0) is 9.84 Å². The average Bonchev–Trinajstić information content (AvgIpc) is 2.53. The largest absolute Gasteiger partial charge is 0.370 e. The van der Waals surface area contributed by atoms with Crippen LogP contribution in [0, 0.1) is 15.9 Å². The van der Waals surface area contributed by atoms with Gasteiger partial charge in [-0.1, -0.05) is 0 Å². The molecule has 0 bridgehead atoms. The van der Waals surface area contributed by atoms with E-state index in [9.17, 15) is 22.9 Å². The Morgan fingerprint density at radius 2 is 1.85 bits per heavy atom. The molecule has 0 unspecified atom stereocenters. The van der Waals surface area contributed by atoms with Crippen molar-refractivity contribution in [3.8, 4) is 0 Å². The predicted molar refractivity (Wildman–Crippen MR) is 99.4 cm³/mol. The molecule has 1 N–H and O–H groups in total. The Morgan fingerprint density at radius 3 is 2.35 bits per heavy atom. The average molecular weight is 381 g/mol. The molecule has 0 radical (unpaired) electrons. The fourth-order valence-electron chi connectivity index (χ4n) is 2.34. The van der Waals surface area contributed by atoms with Crippen LogP contribution in [0.4, 0.5) is 27.1 Å². The van der Waals surface area contributed by atoms with E-state index in [1.165, 1.54) is 18.2 Å². The number of rotatable bonds is 6. The molecule has 0 saturated carbocycles. The van der Waals surface area contributed by atoms with Crippen LogP contribution in [0.15, 0.2) is 41.3 Å². The van der Waals surface area contributed by atoms with Gasteiger partial charge in [0.15, 0.2) is 9.84 Å². The molecule has 0 spiro atoms. The quantitative estimate of drug-likeness (QED) is 0.605. The highest BCUT2D eigenvalue weighted by atomic mass is 32.2. The number of hydrogen-bond donors (Lipinski definition) is 1. The number of halogens is 1. The van der Waals surface area contributed by atoms with E-state index in [1.54, 1.807) is 24.1 Å². The third kappa shape index (κ3) is 4.29. The molecule has 0 aliphatic heterocycles. The lowest BCUT2D eigenvalue weighted by Crippen LogP contribution is -2.26. The minimum Gasteiger partial charge on any atom is -0.370 e. The highest BCUT2D eigenvalue weighted by Gasteiger charge is 2.19. The van der Waals surface area contributed by atoms with Crippen molar-refractivity contribution in [2.45, 2.75) is 24.8 Å². The number of sulfone groups is 1. The molecule has 0 aliphatic rings. The first-order chi connectivity index (χ1) is 12.0. The van der Waals surface area contributed by atoms with Gasteiger partial charge in [-0.05, 0) is 38.1 Å². The number of hydrogen-bond acceptors (Lipinski definition) is 6. The van der Waals surface area contributed by atoms with Gasteiger partial charge in [0, 0.05) is 37.2 Å². The maximum absolute atomic E-state index is 14.4. The molecule has 0 aliphatic carbocycles. The molecule has 0 heterocycles. The summed E-state index contributed by atoms with van der Waals surface area (Å²) in [6, 6.07) is 8.02. The lowest BCUT2D eigenvalue weighted by atomic mass is 10.2. The summed E-state index contributed by atoms with van der Waals surface area (Å²) in [6.07, 6.45) is 0.957. The van der Waals surface area contributed by atoms with E-state index in [4.69, 9.17) is 0 Å². The second-order valence-corrected chi connectivity index (χ2v) is 8.19. The Hall–Kier alpha value is -2.68. The van der Waals surface area contributed by atoms with Crippen molar-refractivity contribution in [3.63, 3.8) is 0 Å². The van der Waals surface area contributed by atoms with Crippen LogP contribution in [-0.4, -0.2) is 32.7 Å². The Kier molecular flexibility index (Phi) is 5.50. The van der Waals surface area contributed by atoms with Gasteiger partial charge in [-0.2, -0.15) is 0 Å². The lowest BCUT2D eigenvalue weighted by Gasteiger charge is -2.24. The smallest absolute Gasteiger partial charge is 0.270 e. The van der Waals surface area contributed by atoms with Crippen molar-refractivity contribution in [3.05, 3.63) is 52.3 Å². The third-order valence-electron chi connectivity index (χ3n) is 3.96. The summed E-state index contributed by atoms with van der Waals surface area (Å²) in [5.41, 5.74) is 0.554. The van der Waals surface area contributed by atoms with Crippen LogP contribution in [0.5, 0.6) is 0 Å². The summed E-state index contributed by atoms with van der Waals surface area (Å²) in [4.78, 5) is 11.8. The molecule has 26 heavy (non-hydrogen) atoms. The molecular formula is C17H20FN3O4S. The SMILES string of the molecule is CC(C)N(C)c1ccc(Nc2ccc([N+](=O)[O-])cc2S(C)(=O)=O)cc1F. The van der Waals surface area contributed by atoms with Crippen LogP contribution in [0.2, 0.25) is 0 Å². The fourth-order valence-corrected chi connectivity index (χ4v) is 3.19. The highest BCUT2D eigenvalue weighted by molar-refractivity contribution is 7.90. The zero-order valence-corrected chi connectivity index (χ0v) is 15.7. The van der Waals surface area contributed by atoms with Gasteiger partial charge in [-0.3, -0.25) is 10.1 Å². The van der Waals surface area contributed by atoms with Gasteiger partial charge in [0.05, 0.1) is 21.2 Å². The monoisotopic (exact) mass is 381 g/mol. The number of nitrogens with one attached hydrogen (secondary N) is 1. The van der Waals surface area contributed by atoms with Crippen molar-refractivity contribution in [2.75, 3.05) is 23.5 Å². The summed E-state index contributed by atoms with van der Waals surface area (Å²) in [7, 11) is -1.95. The zero-order chi connectivity index (χ0) is 19.6. The molecule has 0 atom stereocenters. The van der Waals surface area contributed by atoms with Crippen molar-refractivity contribution in [1.82, 2.24) is 0 Å². The Morgan fingerprint density at radius 1 is 1.19 bits per heavy atom. The maximum Gasteiger partial charge on any atom is 0.270 e. The molecule has 140 valence electrons. The second-order valence-electron chi connectivity index (χ2n) is 6.21. The molecular weight excluding hydrogens is 361 g/mol. The molecule has 0 fully saturated rings. The van der Waals surface area contributed by atoms with Gasteiger partial charge in [0.25, 0.3) is 5.69 Å². The molecule has 2 rings (SSSR count). The van der Waals surface area contributed by atoms with Gasteiger partial charge < -0.3 is 10.2 Å². The van der Waals surface area contributed by atoms with Crippen molar-refractivity contribution in [1.29, 1.82) is 0 Å². The number of anilines is 3. The summed E-state index contributed by atoms with van der Waals surface area (Å²) in [6.45, 7) is 3.86. The molecule has 2 aromatic rings. The molecule has 9 heteroatoms. The summed E-state index contributed by atoms with van der Waals surface area (Å²) in [5, 5.41) is 13.7. The van der Waals surface area contributed by atoms with Crippen LogP contribution < -0.4 is 10.2 Å². The lowest BCUT2D eigenvalue weighted by molar-refractivity contribution is -0.385. The van der Waals surface area contributed by atoms with Crippen LogP contribution in [0.25, 0.3) is 0 Å². The van der Waals surface area contributed by atoms with E-state index in [1.807, 2.05) is 13.8 Å². The first kappa shape index (κ1) is 19.6. The minimum atomic E-state index is -3.72. The second kappa shape index (κ2) is 7.28. The highest BCUT2D eigenvalue weighted by Crippen LogP contribution is 2.31. The Balaban J connectivity index is 2.43. The number of benzene rings is 2. The number of nitrogens with zero attached hydrogens (tertiary/aromatic N) is 2. The number of nitro groups is 1. The molecule has 2 aromatic carbocycles. The van der Waals surface area contributed by atoms with Crippen LogP contribution in [0.1, 0.15) is 13.8 Å². The van der Waals surface area contributed by atoms with Crippen LogP contribution >= 0.6 is 0 Å². The minimum absolute atomic E-state index is 0.106. The van der Waals surface area contributed by atoms with Gasteiger partial charge >= 0.3 is 0 Å². The summed E-state index contributed by atoms with van der Waals surface area (Å²) < 4.78 is 38.3. The number of non-ortho nitro benzene ring substituents is 1. The van der Waals surface area contributed by atoms with Gasteiger partial charge in [-0.25, -0.2) is 12.8 Å². The molecule has 0 saturated heterocycles. The van der Waals surface area contributed by atoms with E-state index in [2.05, 4.69) is 5.32 Å². The first-order valence-corrected chi connectivity index (χ1v) is 9.67. The maximum atomic E-state index is 14.4. The van der Waals surface area contributed by atoms with Crippen molar-refractivity contribution < 1.29 is 17.7 Å². The Bertz CT molecular complexity index is 945. The topological polar surface area (TPSA) is 92.5 Å². The molecule has 0 aromatic heterocycles. The van der Waals surface area contributed by atoms with E-state index in [0.29, 0.717) is 11.4 Å². The van der Waals surface area contributed by atoms with Crippen LogP contribution in [0.3, 0.4) is 0 Å². The fraction of sp³-hybridized carbons (Fsp3) is 0.294. The van der Waals surface area contributed by atoms with E-state index in [0.717, 1.165) is 12.3 Å². The molecule has 0 amide bonds. The van der Waals surface area contributed by atoms with Gasteiger partial charge in [-0.15, -0.1) is 0 Å². The van der Waals surface area contributed by atoms with E-state index in [-0.39, 0.29) is 22.3 Å². The zero-order valence-electron chi connectivity index (χ0n) is 14.9. The first-order valence-electron chi connectivity index (χ1n) is 7.78. The summed E-state index contributed by atoms with van der Waals surface area (Å²) >= 11 is 0. The van der Waals surface area contributed by atoms with Crippen molar-refractivity contribution >= 4 is 32.6 Å². The Labute approximate surface area is 151 Å². The summed E-state index contributed by atoms with van der Waals surface area (Å²) in [5.74, 6) is -0.464. The third-order valence-corrected chi connectivity index (χ3v) is 5.09. The normalized spacial score (nSPS) is 11.5. The van der Waals surface area contributed by atoms with Gasteiger partial charge in [0.1, 0.15) is 5.82 Å². The van der Waals surface area contributed by atoms with E-state index >= 15 is 0 Å². The van der Waals surface area contributed by atoms with Crippen molar-refractivity contribution in [2.24, 2.45) is 0 Å². The standard InChI is InChI=1S/C17H20FN3O4S/c1-11(2)20(3)16-8-5-12(9-14(16)18)19-15-7-6-13(21(22)23)10-17(15)26(4,24)25/h5-11,19H,1-4H3. The molecule has 7 nitrogen and oxygen atoms in total. The number of nitro benzene ring substituents is 1.